The first kappa shape index (κ1) is 15.6. The Morgan fingerprint density at radius 1 is 1.55 bits per heavy atom. The van der Waals surface area contributed by atoms with E-state index in [1.807, 2.05) is 0 Å². The van der Waals surface area contributed by atoms with E-state index in [1.165, 1.54) is 12.8 Å². The van der Waals surface area contributed by atoms with Gasteiger partial charge in [0.05, 0.1) is 0 Å². The first-order valence-electron chi connectivity index (χ1n) is 6.81. The fraction of sp³-hybridized carbons (Fsp3) is 0.533. The Bertz CT molecular complexity index is 477. The van der Waals surface area contributed by atoms with Crippen LogP contribution in [0.2, 0.25) is 5.02 Å². The van der Waals surface area contributed by atoms with Crippen LogP contribution in [0.5, 0.6) is 5.75 Å². The summed E-state index contributed by atoms with van der Waals surface area (Å²) in [5.74, 6) is 0.535. The average molecular weight is 361 g/mol. The summed E-state index contributed by atoms with van der Waals surface area (Å²) < 4.78 is 5.60. The molecule has 0 heterocycles. The minimum absolute atomic E-state index is 0.0779. The molecule has 110 valence electrons. The SMILES string of the molecule is CC(Oc1cccc(Cl)c1)C(=O)NCC1(CCBr)CC1. The molecule has 20 heavy (non-hydrogen) atoms. The van der Waals surface area contributed by atoms with Crippen molar-refractivity contribution < 1.29 is 9.53 Å². The Labute approximate surface area is 133 Å². The molecule has 0 bridgehead atoms. The first-order valence-corrected chi connectivity index (χ1v) is 8.30. The second-order valence-corrected chi connectivity index (χ2v) is 6.60. The van der Waals surface area contributed by atoms with Crippen molar-refractivity contribution in [3.8, 4) is 5.75 Å². The number of amides is 1. The standard InChI is InChI=1S/C15H19BrClNO2/c1-11(20-13-4-2-3-12(17)9-13)14(19)18-10-15(5-6-15)7-8-16/h2-4,9,11H,5-8,10H2,1H3,(H,18,19). The van der Waals surface area contributed by atoms with Crippen LogP contribution in [0, 0.1) is 5.41 Å². The normalized spacial score (nSPS) is 17.4. The van der Waals surface area contributed by atoms with Crippen molar-refractivity contribution in [1.29, 1.82) is 0 Å². The van der Waals surface area contributed by atoms with E-state index in [1.54, 1.807) is 31.2 Å². The number of ether oxygens (including phenoxy) is 1. The molecule has 0 radical (unpaired) electrons. The maximum absolute atomic E-state index is 12.0. The lowest BCUT2D eigenvalue weighted by Gasteiger charge is -2.18. The van der Waals surface area contributed by atoms with E-state index in [0.29, 0.717) is 16.2 Å². The van der Waals surface area contributed by atoms with Gasteiger partial charge in [-0.05, 0) is 49.8 Å². The second kappa shape index (κ2) is 6.81. The molecule has 1 aromatic carbocycles. The van der Waals surface area contributed by atoms with E-state index < -0.39 is 6.10 Å². The summed E-state index contributed by atoms with van der Waals surface area (Å²) in [6.45, 7) is 2.49. The van der Waals surface area contributed by atoms with Crippen molar-refractivity contribution in [3.63, 3.8) is 0 Å². The highest BCUT2D eigenvalue weighted by Crippen LogP contribution is 2.48. The average Bonchev–Trinajstić information content (AvgIpc) is 3.17. The lowest BCUT2D eigenvalue weighted by Crippen LogP contribution is -2.39. The fourth-order valence-corrected chi connectivity index (χ4v) is 3.13. The Kier molecular flexibility index (Phi) is 5.33. The van der Waals surface area contributed by atoms with Gasteiger partial charge in [0, 0.05) is 16.9 Å². The summed E-state index contributed by atoms with van der Waals surface area (Å²) in [5.41, 5.74) is 0.314. The highest BCUT2D eigenvalue weighted by Gasteiger charge is 2.41. The third kappa shape index (κ3) is 4.38. The van der Waals surface area contributed by atoms with Crippen LogP contribution in [0.25, 0.3) is 0 Å². The van der Waals surface area contributed by atoms with E-state index in [0.717, 1.165) is 18.3 Å². The fourth-order valence-electron chi connectivity index (χ4n) is 2.11. The number of carbonyl (C=O) groups is 1. The number of hydrogen-bond acceptors (Lipinski definition) is 2. The van der Waals surface area contributed by atoms with Gasteiger partial charge in [0.25, 0.3) is 5.91 Å². The molecule has 1 N–H and O–H groups in total. The van der Waals surface area contributed by atoms with Gasteiger partial charge in [-0.1, -0.05) is 33.6 Å². The minimum atomic E-state index is -0.520. The number of alkyl halides is 1. The molecule has 1 aromatic rings. The Morgan fingerprint density at radius 2 is 2.30 bits per heavy atom. The zero-order chi connectivity index (χ0) is 14.6. The Hall–Kier alpha value is -0.740. The maximum Gasteiger partial charge on any atom is 0.260 e. The zero-order valence-corrected chi connectivity index (χ0v) is 13.8. The van der Waals surface area contributed by atoms with Crippen LogP contribution in [0.4, 0.5) is 0 Å². The predicted molar refractivity (Wildman–Crippen MR) is 84.6 cm³/mol. The monoisotopic (exact) mass is 359 g/mol. The van der Waals surface area contributed by atoms with Gasteiger partial charge in [-0.3, -0.25) is 4.79 Å². The van der Waals surface area contributed by atoms with Crippen LogP contribution in [-0.4, -0.2) is 23.9 Å². The molecule has 1 aliphatic carbocycles. The highest BCUT2D eigenvalue weighted by molar-refractivity contribution is 9.09. The van der Waals surface area contributed by atoms with Crippen LogP contribution < -0.4 is 10.1 Å². The van der Waals surface area contributed by atoms with E-state index in [9.17, 15) is 4.79 Å². The van der Waals surface area contributed by atoms with Crippen molar-refractivity contribution in [2.45, 2.75) is 32.3 Å². The van der Waals surface area contributed by atoms with E-state index >= 15 is 0 Å². The van der Waals surface area contributed by atoms with Crippen molar-refractivity contribution in [3.05, 3.63) is 29.3 Å². The van der Waals surface area contributed by atoms with Crippen LogP contribution in [0.15, 0.2) is 24.3 Å². The Balaban J connectivity index is 1.80. The third-order valence-electron chi connectivity index (χ3n) is 3.70. The second-order valence-electron chi connectivity index (χ2n) is 5.37. The number of carbonyl (C=O) groups excluding carboxylic acids is 1. The van der Waals surface area contributed by atoms with E-state index in [4.69, 9.17) is 16.3 Å². The zero-order valence-electron chi connectivity index (χ0n) is 11.5. The molecule has 1 aliphatic rings. The molecule has 1 saturated carbocycles. The molecule has 1 unspecified atom stereocenters. The smallest absolute Gasteiger partial charge is 0.260 e. The quantitative estimate of drug-likeness (QED) is 0.751. The van der Waals surface area contributed by atoms with Gasteiger partial charge in [-0.2, -0.15) is 0 Å². The van der Waals surface area contributed by atoms with E-state index in [-0.39, 0.29) is 5.91 Å². The van der Waals surface area contributed by atoms with Gasteiger partial charge in [0.1, 0.15) is 5.75 Å². The molecule has 5 heteroatoms. The lowest BCUT2D eigenvalue weighted by molar-refractivity contribution is -0.127. The van der Waals surface area contributed by atoms with Crippen molar-refractivity contribution >= 4 is 33.4 Å². The summed E-state index contributed by atoms with van der Waals surface area (Å²) in [4.78, 5) is 12.0. The maximum atomic E-state index is 12.0. The molecular weight excluding hydrogens is 342 g/mol. The van der Waals surface area contributed by atoms with Crippen LogP contribution in [0.3, 0.4) is 0 Å². The number of hydrogen-bond donors (Lipinski definition) is 1. The molecule has 0 aromatic heterocycles. The summed E-state index contributed by atoms with van der Waals surface area (Å²) in [6, 6.07) is 7.08. The molecule has 0 saturated heterocycles. The van der Waals surface area contributed by atoms with Gasteiger partial charge in [0.2, 0.25) is 0 Å². The van der Waals surface area contributed by atoms with Crippen LogP contribution in [-0.2, 0) is 4.79 Å². The molecule has 2 rings (SSSR count). The number of benzene rings is 1. The van der Waals surface area contributed by atoms with E-state index in [2.05, 4.69) is 21.2 Å². The molecule has 1 amide bonds. The summed E-state index contributed by atoms with van der Waals surface area (Å²) in [7, 11) is 0. The van der Waals surface area contributed by atoms with Gasteiger partial charge >= 0.3 is 0 Å². The van der Waals surface area contributed by atoms with Crippen molar-refractivity contribution in [2.75, 3.05) is 11.9 Å². The molecule has 0 spiro atoms. The number of nitrogens with one attached hydrogen (secondary N) is 1. The lowest BCUT2D eigenvalue weighted by atomic mass is 10.0. The van der Waals surface area contributed by atoms with Gasteiger partial charge in [-0.15, -0.1) is 0 Å². The molecule has 1 atom stereocenters. The van der Waals surface area contributed by atoms with Gasteiger partial charge in [0.15, 0.2) is 6.10 Å². The van der Waals surface area contributed by atoms with Gasteiger partial charge < -0.3 is 10.1 Å². The Morgan fingerprint density at radius 3 is 2.90 bits per heavy atom. The number of rotatable bonds is 7. The minimum Gasteiger partial charge on any atom is -0.481 e. The van der Waals surface area contributed by atoms with Crippen molar-refractivity contribution in [2.24, 2.45) is 5.41 Å². The predicted octanol–water partition coefficient (Wildman–Crippen LogP) is 3.79. The summed E-state index contributed by atoms with van der Waals surface area (Å²) in [5, 5.41) is 4.57. The molecule has 1 fully saturated rings. The van der Waals surface area contributed by atoms with Crippen LogP contribution in [0.1, 0.15) is 26.2 Å². The van der Waals surface area contributed by atoms with Crippen molar-refractivity contribution in [1.82, 2.24) is 5.32 Å². The topological polar surface area (TPSA) is 38.3 Å². The summed E-state index contributed by atoms with van der Waals surface area (Å²) in [6.07, 6.45) is 2.98. The van der Waals surface area contributed by atoms with Crippen LogP contribution >= 0.6 is 27.5 Å². The largest absolute Gasteiger partial charge is 0.481 e. The molecule has 3 nitrogen and oxygen atoms in total. The third-order valence-corrected chi connectivity index (χ3v) is 4.33. The van der Waals surface area contributed by atoms with Gasteiger partial charge in [-0.25, -0.2) is 0 Å². The number of halogens is 2. The molecule has 0 aliphatic heterocycles. The molecular formula is C15H19BrClNO2. The highest BCUT2D eigenvalue weighted by atomic mass is 79.9. The summed E-state index contributed by atoms with van der Waals surface area (Å²) >= 11 is 9.35. The first-order chi connectivity index (χ1) is 9.54.